The van der Waals surface area contributed by atoms with Gasteiger partial charge in [0.1, 0.15) is 5.75 Å². The van der Waals surface area contributed by atoms with Gasteiger partial charge in [0, 0.05) is 38.1 Å². The van der Waals surface area contributed by atoms with Crippen LogP contribution in [0.2, 0.25) is 0 Å². The Morgan fingerprint density at radius 3 is 2.70 bits per heavy atom. The van der Waals surface area contributed by atoms with E-state index in [0.717, 1.165) is 17.0 Å². The highest BCUT2D eigenvalue weighted by Crippen LogP contribution is 2.16. The summed E-state index contributed by atoms with van der Waals surface area (Å²) < 4.78 is 5.61. The topological polar surface area (TPSA) is 55.3 Å². The fourth-order valence-electron chi connectivity index (χ4n) is 2.17. The van der Waals surface area contributed by atoms with Gasteiger partial charge in [0.25, 0.3) is 5.91 Å². The molecule has 122 valence electrons. The summed E-state index contributed by atoms with van der Waals surface area (Å²) in [6.07, 6.45) is 5.69. The Kier molecular flexibility index (Phi) is 5.68. The normalized spacial score (nSPS) is 11.8. The third-order valence-corrected chi connectivity index (χ3v) is 4.02. The molecule has 5 heteroatoms. The zero-order valence-corrected chi connectivity index (χ0v) is 14.1. The van der Waals surface area contributed by atoms with Crippen molar-refractivity contribution < 1.29 is 9.53 Å². The van der Waals surface area contributed by atoms with Gasteiger partial charge in [-0.1, -0.05) is 6.07 Å². The molecule has 0 saturated carbocycles. The molecule has 2 rings (SSSR count). The first-order valence-corrected chi connectivity index (χ1v) is 7.68. The van der Waals surface area contributed by atoms with Gasteiger partial charge in [0.05, 0.1) is 5.69 Å². The Bertz CT molecular complexity index is 659. The summed E-state index contributed by atoms with van der Waals surface area (Å²) >= 11 is 0. The Morgan fingerprint density at radius 1 is 1.26 bits per heavy atom. The molecule has 0 bridgehead atoms. The van der Waals surface area contributed by atoms with Crippen molar-refractivity contribution in [1.82, 2.24) is 14.9 Å². The highest BCUT2D eigenvalue weighted by atomic mass is 16.5. The van der Waals surface area contributed by atoms with E-state index >= 15 is 0 Å². The van der Waals surface area contributed by atoms with E-state index in [2.05, 4.69) is 9.97 Å². The minimum atomic E-state index is -0.0559. The fourth-order valence-corrected chi connectivity index (χ4v) is 2.17. The molecule has 1 amide bonds. The van der Waals surface area contributed by atoms with Crippen LogP contribution < -0.4 is 4.74 Å². The first kappa shape index (κ1) is 16.9. The third kappa shape index (κ3) is 4.77. The predicted molar refractivity (Wildman–Crippen MR) is 89.4 cm³/mol. The average molecular weight is 313 g/mol. The second-order valence-corrected chi connectivity index (χ2v) is 5.79. The van der Waals surface area contributed by atoms with Gasteiger partial charge in [-0.15, -0.1) is 0 Å². The second-order valence-electron chi connectivity index (χ2n) is 5.79. The summed E-state index contributed by atoms with van der Waals surface area (Å²) in [5, 5.41) is 0. The van der Waals surface area contributed by atoms with Crippen LogP contribution in [0.3, 0.4) is 0 Å². The molecule has 0 aliphatic carbocycles. The number of likely N-dealkylation sites (N-methyl/N-ethyl adjacent to an activating group) is 1. The number of nitrogens with zero attached hydrogens (tertiary/aromatic N) is 3. The van der Waals surface area contributed by atoms with E-state index in [-0.39, 0.29) is 18.6 Å². The smallest absolute Gasteiger partial charge is 0.260 e. The fraction of sp³-hybridized carbons (Fsp3) is 0.389. The second kappa shape index (κ2) is 7.72. The van der Waals surface area contributed by atoms with Gasteiger partial charge in [-0.05, 0) is 44.0 Å². The van der Waals surface area contributed by atoms with Gasteiger partial charge in [-0.25, -0.2) is 0 Å². The molecule has 1 heterocycles. The Balaban J connectivity index is 1.87. The lowest BCUT2D eigenvalue weighted by Crippen LogP contribution is -2.39. The van der Waals surface area contributed by atoms with E-state index in [1.165, 1.54) is 5.56 Å². The molecule has 1 aromatic heterocycles. The van der Waals surface area contributed by atoms with Crippen molar-refractivity contribution in [3.8, 4) is 5.75 Å². The van der Waals surface area contributed by atoms with Crippen LogP contribution in [0.4, 0.5) is 0 Å². The maximum absolute atomic E-state index is 12.3. The summed E-state index contributed by atoms with van der Waals surface area (Å²) in [7, 11) is 1.78. The molecule has 0 aliphatic rings. The summed E-state index contributed by atoms with van der Waals surface area (Å²) in [4.78, 5) is 22.2. The number of amides is 1. The van der Waals surface area contributed by atoms with Crippen molar-refractivity contribution in [2.24, 2.45) is 0 Å². The predicted octanol–water partition coefficient (Wildman–Crippen LogP) is 2.56. The first-order valence-electron chi connectivity index (χ1n) is 7.68. The zero-order chi connectivity index (χ0) is 16.8. The lowest BCUT2D eigenvalue weighted by molar-refractivity contribution is -0.133. The molecular formula is C18H23N3O2. The van der Waals surface area contributed by atoms with Crippen molar-refractivity contribution in [2.45, 2.75) is 33.2 Å². The Hall–Kier alpha value is -2.43. The summed E-state index contributed by atoms with van der Waals surface area (Å²) in [6.45, 7) is 6.09. The van der Waals surface area contributed by atoms with Crippen LogP contribution in [0.1, 0.15) is 23.7 Å². The van der Waals surface area contributed by atoms with E-state index in [0.29, 0.717) is 6.42 Å². The van der Waals surface area contributed by atoms with E-state index in [9.17, 15) is 4.79 Å². The third-order valence-electron chi connectivity index (χ3n) is 4.02. The van der Waals surface area contributed by atoms with E-state index < -0.39 is 0 Å². The number of carbonyl (C=O) groups is 1. The van der Waals surface area contributed by atoms with Gasteiger partial charge in [-0.2, -0.15) is 0 Å². The van der Waals surface area contributed by atoms with Crippen LogP contribution in [0, 0.1) is 13.8 Å². The molecule has 1 aromatic carbocycles. The van der Waals surface area contributed by atoms with Crippen molar-refractivity contribution >= 4 is 5.91 Å². The van der Waals surface area contributed by atoms with E-state index in [4.69, 9.17) is 4.74 Å². The lowest BCUT2D eigenvalue weighted by atomic mass is 10.1. The maximum Gasteiger partial charge on any atom is 0.260 e. The monoisotopic (exact) mass is 313 g/mol. The first-order chi connectivity index (χ1) is 11.0. The largest absolute Gasteiger partial charge is 0.484 e. The minimum absolute atomic E-state index is 0.0301. The van der Waals surface area contributed by atoms with Crippen molar-refractivity contribution in [3.05, 3.63) is 53.6 Å². The van der Waals surface area contributed by atoms with Gasteiger partial charge in [0.2, 0.25) is 0 Å². The number of carbonyl (C=O) groups excluding carboxylic acids is 1. The molecule has 0 radical (unpaired) electrons. The number of aryl methyl sites for hydroxylation is 2. The molecule has 23 heavy (non-hydrogen) atoms. The quantitative estimate of drug-likeness (QED) is 0.822. The maximum atomic E-state index is 12.3. The van der Waals surface area contributed by atoms with Gasteiger partial charge in [-0.3, -0.25) is 14.8 Å². The van der Waals surface area contributed by atoms with Crippen molar-refractivity contribution in [2.75, 3.05) is 13.7 Å². The lowest BCUT2D eigenvalue weighted by Gasteiger charge is -2.24. The van der Waals surface area contributed by atoms with Crippen LogP contribution in [-0.2, 0) is 11.2 Å². The SMILES string of the molecule is Cc1ccc(OCC(=O)N(C)C(C)Cc2cnccn2)cc1C. The van der Waals surface area contributed by atoms with Crippen LogP contribution >= 0.6 is 0 Å². The number of aromatic nitrogens is 2. The Morgan fingerprint density at radius 2 is 2.04 bits per heavy atom. The van der Waals surface area contributed by atoms with Crippen molar-refractivity contribution in [3.63, 3.8) is 0 Å². The summed E-state index contributed by atoms with van der Waals surface area (Å²) in [5.74, 6) is 0.663. The molecule has 0 fully saturated rings. The highest BCUT2D eigenvalue weighted by molar-refractivity contribution is 5.77. The Labute approximate surface area is 137 Å². The molecule has 0 aliphatic heterocycles. The number of hydrogen-bond donors (Lipinski definition) is 0. The molecule has 5 nitrogen and oxygen atoms in total. The van der Waals surface area contributed by atoms with Gasteiger partial charge in [0.15, 0.2) is 6.61 Å². The van der Waals surface area contributed by atoms with Crippen LogP contribution in [0.25, 0.3) is 0 Å². The summed E-state index contributed by atoms with van der Waals surface area (Å²) in [5.41, 5.74) is 3.23. The van der Waals surface area contributed by atoms with Crippen molar-refractivity contribution in [1.29, 1.82) is 0 Å². The summed E-state index contributed by atoms with van der Waals surface area (Å²) in [6, 6.07) is 5.86. The molecule has 2 aromatic rings. The molecule has 1 unspecified atom stereocenters. The standard InChI is InChI=1S/C18H23N3O2/c1-13-5-6-17(9-14(13)2)23-12-18(22)21(4)15(3)10-16-11-19-7-8-20-16/h5-9,11,15H,10,12H2,1-4H3. The zero-order valence-electron chi connectivity index (χ0n) is 14.1. The molecule has 0 spiro atoms. The molecule has 0 N–H and O–H groups in total. The number of benzene rings is 1. The number of hydrogen-bond acceptors (Lipinski definition) is 4. The molecule has 1 atom stereocenters. The minimum Gasteiger partial charge on any atom is -0.484 e. The van der Waals surface area contributed by atoms with E-state index in [1.54, 1.807) is 30.5 Å². The van der Waals surface area contributed by atoms with Crippen LogP contribution in [-0.4, -0.2) is 40.5 Å². The number of rotatable bonds is 6. The molecular weight excluding hydrogens is 290 g/mol. The highest BCUT2D eigenvalue weighted by Gasteiger charge is 2.17. The van der Waals surface area contributed by atoms with Gasteiger partial charge < -0.3 is 9.64 Å². The van der Waals surface area contributed by atoms with Gasteiger partial charge >= 0.3 is 0 Å². The number of ether oxygens (including phenoxy) is 1. The van der Waals surface area contributed by atoms with E-state index in [1.807, 2.05) is 39.0 Å². The average Bonchev–Trinajstić information content (AvgIpc) is 2.55. The molecule has 0 saturated heterocycles. The van der Waals surface area contributed by atoms with Crippen LogP contribution in [0.5, 0.6) is 5.75 Å². The van der Waals surface area contributed by atoms with Crippen LogP contribution in [0.15, 0.2) is 36.8 Å².